The summed E-state index contributed by atoms with van der Waals surface area (Å²) in [5, 5.41) is 21.7. The molecule has 0 aliphatic carbocycles. The molecule has 0 spiro atoms. The predicted octanol–water partition coefficient (Wildman–Crippen LogP) is 3.49. The number of phenolic OH excluding ortho intramolecular Hbond substituents is 2. The van der Waals surface area contributed by atoms with E-state index in [-0.39, 0.29) is 11.5 Å². The zero-order valence-electron chi connectivity index (χ0n) is 10.1. The van der Waals surface area contributed by atoms with Crippen LogP contribution in [0.15, 0.2) is 49.0 Å². The minimum Gasteiger partial charge on any atom is -0.504 e. The van der Waals surface area contributed by atoms with Crippen LogP contribution in [0.5, 0.6) is 11.5 Å². The number of hydrogen-bond acceptors (Lipinski definition) is 3. The van der Waals surface area contributed by atoms with Gasteiger partial charge in [0.25, 0.3) is 0 Å². The van der Waals surface area contributed by atoms with Gasteiger partial charge in [-0.2, -0.15) is 0 Å². The Morgan fingerprint density at radius 1 is 1.06 bits per heavy atom. The van der Waals surface area contributed by atoms with Crippen molar-refractivity contribution in [1.82, 2.24) is 0 Å². The lowest BCUT2D eigenvalue weighted by molar-refractivity contribution is 0.404. The molecule has 0 radical (unpaired) electrons. The first-order valence-electron chi connectivity index (χ1n) is 5.61. The van der Waals surface area contributed by atoms with Crippen molar-refractivity contribution in [3.8, 4) is 11.5 Å². The predicted molar refractivity (Wildman–Crippen MR) is 73.6 cm³/mol. The van der Waals surface area contributed by atoms with E-state index in [1.165, 1.54) is 12.1 Å². The minimum absolute atomic E-state index is 0.137. The summed E-state index contributed by atoms with van der Waals surface area (Å²) in [7, 11) is 0. The van der Waals surface area contributed by atoms with Crippen molar-refractivity contribution in [3.63, 3.8) is 0 Å². The van der Waals surface area contributed by atoms with E-state index in [2.05, 4.69) is 11.9 Å². The van der Waals surface area contributed by atoms with E-state index >= 15 is 0 Å². The van der Waals surface area contributed by atoms with Crippen LogP contribution in [0.3, 0.4) is 0 Å². The number of rotatable bonds is 3. The Morgan fingerprint density at radius 2 is 1.83 bits per heavy atom. The third kappa shape index (κ3) is 2.63. The largest absolute Gasteiger partial charge is 0.504 e. The van der Waals surface area contributed by atoms with Gasteiger partial charge in [0.1, 0.15) is 0 Å². The second-order valence-electron chi connectivity index (χ2n) is 4.18. The van der Waals surface area contributed by atoms with E-state index in [4.69, 9.17) is 0 Å². The van der Waals surface area contributed by atoms with E-state index in [9.17, 15) is 10.2 Å². The molecule has 0 bridgehead atoms. The number of nitrogens with one attached hydrogen (secondary N) is 1. The van der Waals surface area contributed by atoms with Crippen molar-refractivity contribution in [2.75, 3.05) is 5.32 Å². The number of anilines is 1. The molecular formula is C15H15NO2. The van der Waals surface area contributed by atoms with Crippen LogP contribution < -0.4 is 5.32 Å². The molecule has 0 heterocycles. The van der Waals surface area contributed by atoms with Crippen molar-refractivity contribution in [2.45, 2.75) is 6.92 Å². The Bertz CT molecular complexity index is 591. The number of hydrogen-bond donors (Lipinski definition) is 3. The molecule has 3 N–H and O–H groups in total. The van der Waals surface area contributed by atoms with E-state index < -0.39 is 0 Å². The van der Waals surface area contributed by atoms with Gasteiger partial charge in [0.15, 0.2) is 11.5 Å². The Hall–Kier alpha value is -2.42. The molecule has 0 aliphatic heterocycles. The molecule has 0 aliphatic rings. The fraction of sp³-hybridized carbons (Fsp3) is 0.0667. The van der Waals surface area contributed by atoms with Gasteiger partial charge in [-0.05, 0) is 30.7 Å². The molecule has 0 saturated heterocycles. The molecule has 0 unspecified atom stereocenters. The van der Waals surface area contributed by atoms with Crippen molar-refractivity contribution in [2.24, 2.45) is 0 Å². The maximum atomic E-state index is 9.41. The van der Waals surface area contributed by atoms with Crippen molar-refractivity contribution >= 4 is 11.4 Å². The summed E-state index contributed by atoms with van der Waals surface area (Å²) < 4.78 is 0. The average Bonchev–Trinajstić information content (AvgIpc) is 2.34. The van der Waals surface area contributed by atoms with E-state index in [0.29, 0.717) is 5.69 Å². The third-order valence-electron chi connectivity index (χ3n) is 2.64. The molecular weight excluding hydrogens is 226 g/mol. The third-order valence-corrected chi connectivity index (χ3v) is 2.64. The van der Waals surface area contributed by atoms with Gasteiger partial charge in [0.05, 0.1) is 0 Å². The van der Waals surface area contributed by atoms with Crippen LogP contribution in [0.25, 0.3) is 5.70 Å². The molecule has 0 fully saturated rings. The van der Waals surface area contributed by atoms with E-state index in [0.717, 1.165) is 16.8 Å². The van der Waals surface area contributed by atoms with Gasteiger partial charge in [0, 0.05) is 17.5 Å². The fourth-order valence-electron chi connectivity index (χ4n) is 1.68. The molecule has 3 nitrogen and oxygen atoms in total. The minimum atomic E-state index is -0.156. The summed E-state index contributed by atoms with van der Waals surface area (Å²) in [4.78, 5) is 0. The fourth-order valence-corrected chi connectivity index (χ4v) is 1.68. The number of aromatic hydroxyl groups is 2. The van der Waals surface area contributed by atoms with Crippen LogP contribution in [-0.4, -0.2) is 10.2 Å². The smallest absolute Gasteiger partial charge is 0.159 e. The van der Waals surface area contributed by atoms with Gasteiger partial charge in [-0.15, -0.1) is 0 Å². The lowest BCUT2D eigenvalue weighted by Crippen LogP contribution is -1.97. The van der Waals surface area contributed by atoms with Gasteiger partial charge in [-0.1, -0.05) is 30.3 Å². The summed E-state index contributed by atoms with van der Waals surface area (Å²) in [6, 6.07) is 12.5. The molecule has 0 amide bonds. The number of aryl methyl sites for hydroxylation is 1. The highest BCUT2D eigenvalue weighted by molar-refractivity contribution is 5.76. The Morgan fingerprint density at radius 3 is 2.50 bits per heavy atom. The highest BCUT2D eigenvalue weighted by atomic mass is 16.3. The van der Waals surface area contributed by atoms with Crippen LogP contribution >= 0.6 is 0 Å². The molecule has 18 heavy (non-hydrogen) atoms. The second-order valence-corrected chi connectivity index (χ2v) is 4.18. The molecule has 2 rings (SSSR count). The first-order chi connectivity index (χ1) is 8.56. The quantitative estimate of drug-likeness (QED) is 0.569. The summed E-state index contributed by atoms with van der Waals surface area (Å²) in [6.45, 7) is 5.98. The van der Waals surface area contributed by atoms with Crippen LogP contribution in [-0.2, 0) is 0 Å². The standard InChI is InChI=1S/C15H15NO2/c1-10-4-3-5-12(8-10)11(2)16-13-6-7-14(17)15(18)9-13/h3-9,16-18H,2H2,1H3. The molecule has 2 aromatic carbocycles. The molecule has 0 atom stereocenters. The van der Waals surface area contributed by atoms with Gasteiger partial charge in [-0.25, -0.2) is 0 Å². The lowest BCUT2D eigenvalue weighted by Gasteiger charge is -2.11. The van der Waals surface area contributed by atoms with Gasteiger partial charge < -0.3 is 15.5 Å². The van der Waals surface area contributed by atoms with Crippen molar-refractivity contribution in [1.29, 1.82) is 0 Å². The average molecular weight is 241 g/mol. The van der Waals surface area contributed by atoms with Crippen LogP contribution in [0.2, 0.25) is 0 Å². The first kappa shape index (κ1) is 12.0. The second kappa shape index (κ2) is 4.84. The van der Waals surface area contributed by atoms with Crippen molar-refractivity contribution in [3.05, 3.63) is 60.2 Å². The maximum absolute atomic E-state index is 9.41. The van der Waals surface area contributed by atoms with Crippen molar-refractivity contribution < 1.29 is 10.2 Å². The summed E-state index contributed by atoms with van der Waals surface area (Å²) in [5.74, 6) is -0.293. The molecule has 3 heteroatoms. The van der Waals surface area contributed by atoms with Crippen LogP contribution in [0.4, 0.5) is 5.69 Å². The lowest BCUT2D eigenvalue weighted by atomic mass is 10.1. The molecule has 92 valence electrons. The SMILES string of the molecule is C=C(Nc1ccc(O)c(O)c1)c1cccc(C)c1. The summed E-state index contributed by atoms with van der Waals surface area (Å²) in [5.41, 5.74) is 3.56. The van der Waals surface area contributed by atoms with Gasteiger partial charge >= 0.3 is 0 Å². The zero-order valence-corrected chi connectivity index (χ0v) is 10.1. The van der Waals surface area contributed by atoms with E-state index in [1.54, 1.807) is 6.07 Å². The molecule has 0 aromatic heterocycles. The Kier molecular flexibility index (Phi) is 3.24. The number of benzene rings is 2. The highest BCUT2D eigenvalue weighted by Gasteiger charge is 2.03. The summed E-state index contributed by atoms with van der Waals surface area (Å²) in [6.07, 6.45) is 0. The number of phenols is 2. The van der Waals surface area contributed by atoms with Gasteiger partial charge in [0.2, 0.25) is 0 Å². The zero-order chi connectivity index (χ0) is 13.1. The first-order valence-corrected chi connectivity index (χ1v) is 5.61. The molecule has 2 aromatic rings. The highest BCUT2D eigenvalue weighted by Crippen LogP contribution is 2.28. The van der Waals surface area contributed by atoms with Gasteiger partial charge in [-0.3, -0.25) is 0 Å². The topological polar surface area (TPSA) is 52.5 Å². The van der Waals surface area contributed by atoms with E-state index in [1.807, 2.05) is 31.2 Å². The maximum Gasteiger partial charge on any atom is 0.159 e. The summed E-state index contributed by atoms with van der Waals surface area (Å²) >= 11 is 0. The Balaban J connectivity index is 2.18. The van der Waals surface area contributed by atoms with Crippen LogP contribution in [0, 0.1) is 6.92 Å². The molecule has 0 saturated carbocycles. The monoisotopic (exact) mass is 241 g/mol. The normalized spacial score (nSPS) is 10.1. The Labute approximate surface area is 106 Å². The van der Waals surface area contributed by atoms with Crippen LogP contribution in [0.1, 0.15) is 11.1 Å².